The van der Waals surface area contributed by atoms with Gasteiger partial charge < -0.3 is 10.2 Å². The summed E-state index contributed by atoms with van der Waals surface area (Å²) < 4.78 is 15.3. The molecule has 0 unspecified atom stereocenters. The van der Waals surface area contributed by atoms with Crippen molar-refractivity contribution in [3.05, 3.63) is 85.9 Å². The van der Waals surface area contributed by atoms with Crippen LogP contribution in [0.2, 0.25) is 10.0 Å². The summed E-state index contributed by atoms with van der Waals surface area (Å²) in [5.41, 5.74) is 4.25. The van der Waals surface area contributed by atoms with Crippen LogP contribution in [-0.2, 0) is 18.6 Å². The number of anilines is 2. The highest BCUT2D eigenvalue weighted by Gasteiger charge is 2.48. The first kappa shape index (κ1) is 22.5. The highest BCUT2D eigenvalue weighted by atomic mass is 35.5. The van der Waals surface area contributed by atoms with Crippen molar-refractivity contribution in [2.45, 2.75) is 31.5 Å². The fourth-order valence-electron chi connectivity index (χ4n) is 5.21. The molecule has 1 aliphatic carbocycles. The number of likely N-dealkylation sites (N-methyl/N-ethyl adjacent to an activating group) is 1. The Morgan fingerprint density at radius 1 is 1.17 bits per heavy atom. The molecule has 1 saturated carbocycles. The van der Waals surface area contributed by atoms with Crippen LogP contribution in [0.5, 0.6) is 0 Å². The van der Waals surface area contributed by atoms with E-state index in [4.69, 9.17) is 23.2 Å². The molecule has 35 heavy (non-hydrogen) atoms. The summed E-state index contributed by atoms with van der Waals surface area (Å²) in [6.45, 7) is 1.17. The summed E-state index contributed by atoms with van der Waals surface area (Å²) in [6, 6.07) is 11.3. The van der Waals surface area contributed by atoms with E-state index in [0.717, 1.165) is 18.8 Å². The molecule has 1 spiro atoms. The summed E-state index contributed by atoms with van der Waals surface area (Å²) in [5, 5.41) is 3.99. The van der Waals surface area contributed by atoms with Crippen LogP contribution in [0.25, 0.3) is 16.6 Å². The lowest BCUT2D eigenvalue weighted by Gasteiger charge is -2.32. The van der Waals surface area contributed by atoms with Crippen LogP contribution in [0.4, 0.5) is 16.0 Å². The van der Waals surface area contributed by atoms with E-state index in [1.165, 1.54) is 40.9 Å². The van der Waals surface area contributed by atoms with E-state index in [2.05, 4.69) is 39.4 Å². The number of benzene rings is 2. The van der Waals surface area contributed by atoms with Crippen LogP contribution in [0.15, 0.2) is 53.6 Å². The molecule has 0 radical (unpaired) electrons. The van der Waals surface area contributed by atoms with Gasteiger partial charge in [0.1, 0.15) is 6.67 Å². The number of pyridine rings is 1. The van der Waals surface area contributed by atoms with Crippen LogP contribution in [0, 0.1) is 0 Å². The maximum absolute atomic E-state index is 14.1. The third-order valence-corrected chi connectivity index (χ3v) is 7.56. The molecule has 2 aromatic heterocycles. The van der Waals surface area contributed by atoms with Gasteiger partial charge in [0.15, 0.2) is 0 Å². The summed E-state index contributed by atoms with van der Waals surface area (Å²) >= 11 is 12.6. The van der Waals surface area contributed by atoms with Crippen molar-refractivity contribution in [3.8, 4) is 5.69 Å². The Bertz CT molecular complexity index is 1530. The van der Waals surface area contributed by atoms with Gasteiger partial charge in [0.25, 0.3) is 5.56 Å². The van der Waals surface area contributed by atoms with Gasteiger partial charge in [-0.2, -0.15) is 0 Å². The van der Waals surface area contributed by atoms with Gasteiger partial charge in [-0.05, 0) is 55.3 Å². The second-order valence-electron chi connectivity index (χ2n) is 9.44. The zero-order valence-electron chi connectivity index (χ0n) is 19.0. The standard InChI is InChI=1S/C26H22Cl2FN5O/c1-33-12-15-9-17(5-6-19(15)26(14-33)7-8-26)31-25-30-11-18-22(32-25)16(10-29)13-34(24(18)35)23-20(27)3-2-4-21(23)28/h2-6,9,11,13H,7-8,10,12,14H2,1H3,(H,30,31,32). The summed E-state index contributed by atoms with van der Waals surface area (Å²) in [7, 11) is 2.15. The fraction of sp³-hybridized carbons (Fsp3) is 0.269. The number of hydrogen-bond donors (Lipinski definition) is 1. The lowest BCUT2D eigenvalue weighted by Crippen LogP contribution is -2.35. The average molecular weight is 510 g/mol. The molecule has 3 heterocycles. The lowest BCUT2D eigenvalue weighted by atomic mass is 9.87. The number of halogens is 3. The maximum atomic E-state index is 14.1. The Morgan fingerprint density at radius 2 is 1.94 bits per heavy atom. The van der Waals surface area contributed by atoms with Gasteiger partial charge in [-0.1, -0.05) is 35.3 Å². The number of nitrogens with one attached hydrogen (secondary N) is 1. The number of rotatable bonds is 4. The van der Waals surface area contributed by atoms with E-state index < -0.39 is 12.2 Å². The summed E-state index contributed by atoms with van der Waals surface area (Å²) in [6.07, 6.45) is 5.28. The molecule has 2 aliphatic rings. The molecule has 1 aliphatic heterocycles. The van der Waals surface area contributed by atoms with E-state index in [1.807, 2.05) is 6.07 Å². The smallest absolute Gasteiger partial charge is 0.266 e. The zero-order chi connectivity index (χ0) is 24.3. The van der Waals surface area contributed by atoms with Crippen molar-refractivity contribution < 1.29 is 4.39 Å². The minimum atomic E-state index is -0.817. The second kappa shape index (κ2) is 8.29. The monoisotopic (exact) mass is 509 g/mol. The third-order valence-electron chi connectivity index (χ3n) is 6.95. The number of nitrogens with zero attached hydrogens (tertiary/aromatic N) is 4. The van der Waals surface area contributed by atoms with Crippen LogP contribution in [0.1, 0.15) is 29.5 Å². The number of para-hydroxylation sites is 1. The van der Waals surface area contributed by atoms with Crippen LogP contribution in [0.3, 0.4) is 0 Å². The van der Waals surface area contributed by atoms with Gasteiger partial charge in [-0.3, -0.25) is 9.36 Å². The van der Waals surface area contributed by atoms with E-state index in [9.17, 15) is 9.18 Å². The van der Waals surface area contributed by atoms with Crippen LogP contribution >= 0.6 is 23.2 Å². The number of alkyl halides is 1. The molecule has 1 N–H and O–H groups in total. The van der Waals surface area contributed by atoms with Crippen molar-refractivity contribution >= 4 is 45.7 Å². The van der Waals surface area contributed by atoms with Gasteiger partial charge in [-0.15, -0.1) is 0 Å². The van der Waals surface area contributed by atoms with Gasteiger partial charge in [0.2, 0.25) is 5.95 Å². The highest BCUT2D eigenvalue weighted by Crippen LogP contribution is 2.52. The predicted molar refractivity (Wildman–Crippen MR) is 137 cm³/mol. The molecular formula is C26H22Cl2FN5O. The Hall–Kier alpha value is -3.00. The van der Waals surface area contributed by atoms with Gasteiger partial charge in [0, 0.05) is 42.1 Å². The Kier molecular flexibility index (Phi) is 5.32. The Morgan fingerprint density at radius 3 is 2.66 bits per heavy atom. The Balaban J connectivity index is 1.39. The number of aromatic nitrogens is 3. The van der Waals surface area contributed by atoms with E-state index in [-0.39, 0.29) is 26.5 Å². The SMILES string of the molecule is CN1Cc2cc(Nc3ncc4c(=O)n(-c5c(Cl)cccc5Cl)cc(CF)c4n3)ccc2C2(CC2)C1. The molecule has 0 atom stereocenters. The zero-order valence-corrected chi connectivity index (χ0v) is 20.5. The predicted octanol–water partition coefficient (Wildman–Crippen LogP) is 5.78. The average Bonchev–Trinajstić information content (AvgIpc) is 3.59. The van der Waals surface area contributed by atoms with Crippen molar-refractivity contribution in [1.82, 2.24) is 19.4 Å². The second-order valence-corrected chi connectivity index (χ2v) is 10.3. The summed E-state index contributed by atoms with van der Waals surface area (Å²) in [4.78, 5) is 24.5. The van der Waals surface area contributed by atoms with Crippen LogP contribution in [-0.4, -0.2) is 33.0 Å². The molecule has 2 aromatic carbocycles. The summed E-state index contributed by atoms with van der Waals surface area (Å²) in [5.74, 6) is 0.297. The quantitative estimate of drug-likeness (QED) is 0.377. The van der Waals surface area contributed by atoms with E-state index >= 15 is 0 Å². The molecular weight excluding hydrogens is 488 g/mol. The molecule has 178 valence electrons. The molecule has 9 heteroatoms. The maximum Gasteiger partial charge on any atom is 0.266 e. The molecule has 0 amide bonds. The first-order valence-corrected chi connectivity index (χ1v) is 12.1. The normalized spacial score (nSPS) is 16.5. The Labute approximate surface area is 211 Å². The number of fused-ring (bicyclic) bond motifs is 3. The lowest BCUT2D eigenvalue weighted by molar-refractivity contribution is 0.271. The first-order valence-electron chi connectivity index (χ1n) is 11.4. The highest BCUT2D eigenvalue weighted by molar-refractivity contribution is 6.37. The van der Waals surface area contributed by atoms with E-state index in [1.54, 1.807) is 18.2 Å². The van der Waals surface area contributed by atoms with Gasteiger partial charge >= 0.3 is 0 Å². The fourth-order valence-corrected chi connectivity index (χ4v) is 5.79. The molecule has 6 rings (SSSR count). The van der Waals surface area contributed by atoms with Crippen molar-refractivity contribution in [3.63, 3.8) is 0 Å². The van der Waals surface area contributed by atoms with Crippen molar-refractivity contribution in [2.24, 2.45) is 0 Å². The molecule has 1 fully saturated rings. The van der Waals surface area contributed by atoms with Gasteiger partial charge in [-0.25, -0.2) is 14.4 Å². The van der Waals surface area contributed by atoms with Crippen molar-refractivity contribution in [2.75, 3.05) is 18.9 Å². The minimum Gasteiger partial charge on any atom is -0.324 e. The van der Waals surface area contributed by atoms with E-state index in [0.29, 0.717) is 17.1 Å². The largest absolute Gasteiger partial charge is 0.324 e. The van der Waals surface area contributed by atoms with Crippen molar-refractivity contribution in [1.29, 1.82) is 0 Å². The minimum absolute atomic E-state index is 0.185. The molecule has 6 nitrogen and oxygen atoms in total. The number of hydrogen-bond acceptors (Lipinski definition) is 5. The third kappa shape index (κ3) is 3.78. The molecule has 4 aromatic rings. The topological polar surface area (TPSA) is 63.1 Å². The van der Waals surface area contributed by atoms with Gasteiger partial charge in [0.05, 0.1) is 26.6 Å². The first-order chi connectivity index (χ1) is 16.9. The molecule has 0 bridgehead atoms. The molecule has 0 saturated heterocycles. The van der Waals surface area contributed by atoms with Crippen LogP contribution < -0.4 is 10.9 Å².